The Morgan fingerprint density at radius 3 is 2.53 bits per heavy atom. The average Bonchev–Trinajstić information content (AvgIpc) is 3.25. The third-order valence-corrected chi connectivity index (χ3v) is 7.90. The van der Waals surface area contributed by atoms with Crippen LogP contribution in [-0.4, -0.2) is 62.7 Å². The molecule has 32 heavy (non-hydrogen) atoms. The van der Waals surface area contributed by atoms with Gasteiger partial charge < -0.3 is 14.2 Å². The molecule has 5 rings (SSSR count). The molecule has 8 nitrogen and oxygen atoms in total. The normalized spacial score (nSPS) is 22.0. The molecule has 2 aromatic carbocycles. The fraction of sp³-hybridized carbons (Fsp3) is 0.435. The third kappa shape index (κ3) is 3.40. The summed E-state index contributed by atoms with van der Waals surface area (Å²) < 4.78 is 43.2. The van der Waals surface area contributed by atoms with Gasteiger partial charge in [0.15, 0.2) is 0 Å². The fourth-order valence-electron chi connectivity index (χ4n) is 4.93. The Labute approximate surface area is 188 Å². The van der Waals surface area contributed by atoms with E-state index in [0.29, 0.717) is 38.1 Å². The molecule has 3 aliphatic rings. The summed E-state index contributed by atoms with van der Waals surface area (Å²) in [6.07, 6.45) is 3.05. The number of rotatable bonds is 4. The molecule has 1 atom stereocenters. The molecule has 0 aromatic heterocycles. The van der Waals surface area contributed by atoms with Gasteiger partial charge in [0.25, 0.3) is 0 Å². The molecule has 1 spiro atoms. The smallest absolute Gasteiger partial charge is 0.211 e. The minimum absolute atomic E-state index is 0.0199. The van der Waals surface area contributed by atoms with Crippen LogP contribution in [0.1, 0.15) is 36.4 Å². The molecule has 0 radical (unpaired) electrons. The summed E-state index contributed by atoms with van der Waals surface area (Å²) in [5, 5.41) is 7.11. The van der Waals surface area contributed by atoms with Crippen LogP contribution in [-0.2, 0) is 10.0 Å². The highest BCUT2D eigenvalue weighted by Crippen LogP contribution is 2.50. The first kappa shape index (κ1) is 21.1. The van der Waals surface area contributed by atoms with Crippen LogP contribution in [0.15, 0.2) is 47.6 Å². The maximum absolute atomic E-state index is 12.1. The van der Waals surface area contributed by atoms with Gasteiger partial charge in [0.2, 0.25) is 15.7 Å². The van der Waals surface area contributed by atoms with Gasteiger partial charge in [0, 0.05) is 49.5 Å². The zero-order chi connectivity index (χ0) is 22.5. The summed E-state index contributed by atoms with van der Waals surface area (Å²) in [7, 11) is 0.0303. The standard InChI is InChI=1S/C23H27N3O5S/c1-29-16-8-9-17(22(14-16)30-2)19-15-20-18-6-4-5-7-21(18)31-23(26(20)24-19)10-12-25(13-11-23)32(3,27)28/h4-9,14,20H,10-13,15H2,1-3H3/t20-/m0/s1. The topological polar surface area (TPSA) is 80.7 Å². The van der Waals surface area contributed by atoms with E-state index in [0.717, 1.165) is 28.3 Å². The van der Waals surface area contributed by atoms with Crippen molar-refractivity contribution in [3.8, 4) is 17.2 Å². The van der Waals surface area contributed by atoms with Gasteiger partial charge >= 0.3 is 0 Å². The first-order valence-corrected chi connectivity index (χ1v) is 12.5. The highest BCUT2D eigenvalue weighted by molar-refractivity contribution is 7.88. The number of ether oxygens (including phenoxy) is 3. The second-order valence-electron chi connectivity index (χ2n) is 8.43. The van der Waals surface area contributed by atoms with Gasteiger partial charge in [0.1, 0.15) is 17.2 Å². The first-order valence-electron chi connectivity index (χ1n) is 10.7. The lowest BCUT2D eigenvalue weighted by atomic mass is 9.91. The number of nitrogens with zero attached hydrogens (tertiary/aromatic N) is 3. The van der Waals surface area contributed by atoms with Crippen LogP contribution in [0.25, 0.3) is 0 Å². The summed E-state index contributed by atoms with van der Waals surface area (Å²) in [4.78, 5) is 0. The van der Waals surface area contributed by atoms with Crippen molar-refractivity contribution in [2.24, 2.45) is 5.10 Å². The predicted molar refractivity (Wildman–Crippen MR) is 121 cm³/mol. The van der Waals surface area contributed by atoms with Gasteiger partial charge in [0.05, 0.1) is 32.2 Å². The number of methoxy groups -OCH3 is 2. The third-order valence-electron chi connectivity index (χ3n) is 6.60. The van der Waals surface area contributed by atoms with E-state index in [1.165, 1.54) is 10.6 Å². The van der Waals surface area contributed by atoms with Crippen LogP contribution < -0.4 is 14.2 Å². The number of hydrogen-bond acceptors (Lipinski definition) is 7. The Bertz CT molecular complexity index is 1170. The van der Waals surface area contributed by atoms with E-state index in [1.807, 2.05) is 36.4 Å². The number of para-hydroxylation sites is 1. The molecule has 2 aromatic rings. The molecule has 0 saturated carbocycles. The molecular formula is C23H27N3O5S. The second-order valence-corrected chi connectivity index (χ2v) is 10.4. The molecule has 0 aliphatic carbocycles. The predicted octanol–water partition coefficient (Wildman–Crippen LogP) is 3.00. The minimum Gasteiger partial charge on any atom is -0.497 e. The molecule has 1 fully saturated rings. The molecule has 0 N–H and O–H groups in total. The maximum atomic E-state index is 12.1. The van der Waals surface area contributed by atoms with Crippen molar-refractivity contribution in [1.82, 2.24) is 9.31 Å². The quantitative estimate of drug-likeness (QED) is 0.702. The highest BCUT2D eigenvalue weighted by atomic mass is 32.2. The lowest BCUT2D eigenvalue weighted by Gasteiger charge is -2.50. The van der Waals surface area contributed by atoms with E-state index in [4.69, 9.17) is 19.3 Å². The largest absolute Gasteiger partial charge is 0.497 e. The van der Waals surface area contributed by atoms with E-state index in [2.05, 4.69) is 11.1 Å². The zero-order valence-electron chi connectivity index (χ0n) is 18.4. The summed E-state index contributed by atoms with van der Waals surface area (Å²) in [6.45, 7) is 0.807. The van der Waals surface area contributed by atoms with Gasteiger partial charge in [-0.25, -0.2) is 17.7 Å². The van der Waals surface area contributed by atoms with E-state index in [1.54, 1.807) is 14.2 Å². The number of hydrazone groups is 1. The lowest BCUT2D eigenvalue weighted by molar-refractivity contribution is -0.143. The lowest BCUT2D eigenvalue weighted by Crippen LogP contribution is -2.59. The molecule has 170 valence electrons. The van der Waals surface area contributed by atoms with E-state index >= 15 is 0 Å². The Morgan fingerprint density at radius 1 is 1.09 bits per heavy atom. The first-order chi connectivity index (χ1) is 15.3. The van der Waals surface area contributed by atoms with Crippen LogP contribution in [0.5, 0.6) is 17.2 Å². The van der Waals surface area contributed by atoms with Gasteiger partial charge in [-0.2, -0.15) is 5.10 Å². The fourth-order valence-corrected chi connectivity index (χ4v) is 5.77. The van der Waals surface area contributed by atoms with Gasteiger partial charge in [-0.3, -0.25) is 0 Å². The van der Waals surface area contributed by atoms with Crippen molar-refractivity contribution >= 4 is 15.7 Å². The number of fused-ring (bicyclic) bond motifs is 4. The van der Waals surface area contributed by atoms with Crippen molar-refractivity contribution in [2.45, 2.75) is 31.0 Å². The SMILES string of the molecule is COc1ccc(C2=NN3[C@@H](C2)c2ccccc2OC32CCN(S(C)(=O)=O)CC2)c(OC)c1. The molecular weight excluding hydrogens is 430 g/mol. The Balaban J connectivity index is 1.55. The number of piperidine rings is 1. The molecule has 3 heterocycles. The molecule has 3 aliphatic heterocycles. The maximum Gasteiger partial charge on any atom is 0.211 e. The Morgan fingerprint density at radius 2 is 1.84 bits per heavy atom. The van der Waals surface area contributed by atoms with Crippen molar-refractivity contribution < 1.29 is 22.6 Å². The average molecular weight is 458 g/mol. The summed E-state index contributed by atoms with van der Waals surface area (Å²) in [5.41, 5.74) is 2.25. The minimum atomic E-state index is -3.24. The van der Waals surface area contributed by atoms with E-state index in [9.17, 15) is 8.42 Å². The molecule has 0 unspecified atom stereocenters. The molecule has 0 bridgehead atoms. The van der Waals surface area contributed by atoms with Crippen molar-refractivity contribution in [3.05, 3.63) is 53.6 Å². The number of hydrogen-bond donors (Lipinski definition) is 0. The summed E-state index contributed by atoms with van der Waals surface area (Å²) in [6, 6.07) is 13.8. The van der Waals surface area contributed by atoms with Crippen LogP contribution in [0, 0.1) is 0 Å². The summed E-state index contributed by atoms with van der Waals surface area (Å²) in [5.74, 6) is 2.28. The Kier molecular flexibility index (Phi) is 5.05. The monoisotopic (exact) mass is 457 g/mol. The molecule has 0 amide bonds. The van der Waals surface area contributed by atoms with Gasteiger partial charge in [-0.05, 0) is 18.2 Å². The Hall–Kier alpha value is -2.78. The summed E-state index contributed by atoms with van der Waals surface area (Å²) >= 11 is 0. The molecule has 9 heteroatoms. The van der Waals surface area contributed by atoms with Crippen LogP contribution in [0.3, 0.4) is 0 Å². The highest BCUT2D eigenvalue weighted by Gasteiger charge is 2.52. The zero-order valence-corrected chi connectivity index (χ0v) is 19.3. The van der Waals surface area contributed by atoms with Gasteiger partial charge in [-0.15, -0.1) is 0 Å². The van der Waals surface area contributed by atoms with Crippen LogP contribution >= 0.6 is 0 Å². The van der Waals surface area contributed by atoms with E-state index < -0.39 is 15.7 Å². The second kappa shape index (κ2) is 7.67. The van der Waals surface area contributed by atoms with E-state index in [-0.39, 0.29) is 6.04 Å². The van der Waals surface area contributed by atoms with Crippen LogP contribution in [0.2, 0.25) is 0 Å². The van der Waals surface area contributed by atoms with Crippen molar-refractivity contribution in [3.63, 3.8) is 0 Å². The number of benzene rings is 2. The van der Waals surface area contributed by atoms with Crippen LogP contribution in [0.4, 0.5) is 0 Å². The van der Waals surface area contributed by atoms with Crippen molar-refractivity contribution in [2.75, 3.05) is 33.6 Å². The number of sulfonamides is 1. The van der Waals surface area contributed by atoms with Crippen molar-refractivity contribution in [1.29, 1.82) is 0 Å². The van der Waals surface area contributed by atoms with Gasteiger partial charge in [-0.1, -0.05) is 18.2 Å². The molecule has 1 saturated heterocycles.